The molecular weight excluding hydrogens is 445 g/mol. The number of hydrogen-bond donors (Lipinski definition) is 0. The van der Waals surface area contributed by atoms with E-state index in [2.05, 4.69) is 5.16 Å². The monoisotopic (exact) mass is 463 g/mol. The predicted molar refractivity (Wildman–Crippen MR) is 123 cm³/mol. The molecule has 33 heavy (non-hydrogen) atoms. The lowest BCUT2D eigenvalue weighted by Crippen LogP contribution is -2.50. The number of halogens is 2. The number of aromatic nitrogens is 1. The van der Waals surface area contributed by atoms with E-state index < -0.39 is 5.82 Å². The highest BCUT2D eigenvalue weighted by Crippen LogP contribution is 2.29. The summed E-state index contributed by atoms with van der Waals surface area (Å²) in [5.41, 5.74) is 2.35. The number of amides is 2. The summed E-state index contributed by atoms with van der Waals surface area (Å²) in [5, 5.41) is 4.95. The molecule has 0 radical (unpaired) electrons. The van der Waals surface area contributed by atoms with E-state index in [0.29, 0.717) is 43.0 Å². The van der Waals surface area contributed by atoms with Gasteiger partial charge in [0.25, 0.3) is 11.8 Å². The highest BCUT2D eigenvalue weighted by Gasteiger charge is 2.27. The van der Waals surface area contributed by atoms with Crippen LogP contribution in [0.25, 0.3) is 22.2 Å². The molecule has 1 aromatic heterocycles. The minimum atomic E-state index is -0.493. The molecule has 1 saturated heterocycles. The van der Waals surface area contributed by atoms with E-state index in [1.807, 2.05) is 30.3 Å². The predicted octanol–water partition coefficient (Wildman–Crippen LogP) is 4.89. The van der Waals surface area contributed by atoms with Gasteiger partial charge in [0.15, 0.2) is 5.76 Å². The van der Waals surface area contributed by atoms with Crippen LogP contribution >= 0.6 is 11.6 Å². The van der Waals surface area contributed by atoms with Crippen molar-refractivity contribution in [2.45, 2.75) is 0 Å². The molecule has 0 saturated carbocycles. The molecule has 0 spiro atoms. The molecule has 1 aliphatic heterocycles. The Kier molecular flexibility index (Phi) is 5.56. The van der Waals surface area contributed by atoms with Crippen LogP contribution in [0.15, 0.2) is 71.3 Å². The van der Waals surface area contributed by atoms with Crippen molar-refractivity contribution < 1.29 is 18.5 Å². The highest BCUT2D eigenvalue weighted by molar-refractivity contribution is 6.33. The molecule has 5 rings (SSSR count). The van der Waals surface area contributed by atoms with Crippen LogP contribution in [0.5, 0.6) is 0 Å². The van der Waals surface area contributed by atoms with Gasteiger partial charge < -0.3 is 14.3 Å². The Labute approximate surface area is 194 Å². The van der Waals surface area contributed by atoms with Gasteiger partial charge in [-0.15, -0.1) is 0 Å². The van der Waals surface area contributed by atoms with E-state index in [4.69, 9.17) is 16.1 Å². The van der Waals surface area contributed by atoms with Crippen LogP contribution in [-0.4, -0.2) is 52.9 Å². The molecule has 4 aromatic rings. The van der Waals surface area contributed by atoms with Crippen molar-refractivity contribution in [2.24, 2.45) is 0 Å². The summed E-state index contributed by atoms with van der Waals surface area (Å²) in [7, 11) is 0. The van der Waals surface area contributed by atoms with E-state index in [0.717, 1.165) is 17.0 Å². The van der Waals surface area contributed by atoms with Gasteiger partial charge in [-0.3, -0.25) is 9.59 Å². The number of hydrogen-bond acceptors (Lipinski definition) is 4. The summed E-state index contributed by atoms with van der Waals surface area (Å²) >= 11 is 6.03. The van der Waals surface area contributed by atoms with Crippen LogP contribution in [0.2, 0.25) is 5.02 Å². The van der Waals surface area contributed by atoms with Gasteiger partial charge in [0.2, 0.25) is 0 Å². The number of fused-ring (bicyclic) bond motifs is 1. The maximum absolute atomic E-state index is 13.3. The summed E-state index contributed by atoms with van der Waals surface area (Å²) in [6.45, 7) is 1.50. The number of rotatable bonds is 3. The van der Waals surface area contributed by atoms with Gasteiger partial charge in [0.1, 0.15) is 11.3 Å². The zero-order valence-electron chi connectivity index (χ0n) is 17.5. The molecule has 2 heterocycles. The quantitative estimate of drug-likeness (QED) is 0.434. The molecule has 0 aliphatic carbocycles. The van der Waals surface area contributed by atoms with Gasteiger partial charge >= 0.3 is 0 Å². The van der Waals surface area contributed by atoms with Gasteiger partial charge in [0, 0.05) is 37.3 Å². The topological polar surface area (TPSA) is 66.7 Å². The third-order valence-corrected chi connectivity index (χ3v) is 6.09. The largest absolute Gasteiger partial charge is 0.355 e. The summed E-state index contributed by atoms with van der Waals surface area (Å²) < 4.78 is 18.8. The number of nitrogens with zero attached hydrogens (tertiary/aromatic N) is 3. The average molecular weight is 464 g/mol. The standard InChI is InChI=1S/C25H19ClFN3O3/c26-21-15-18(27)7-8-19(21)25(32)30-12-10-29(11-13-30)24(31)17-6-9-22-20(14-17)23(33-28-22)16-4-2-1-3-5-16/h1-9,14-15H,10-13H2. The molecule has 1 aliphatic rings. The zero-order chi connectivity index (χ0) is 22.9. The Morgan fingerprint density at radius 3 is 2.27 bits per heavy atom. The van der Waals surface area contributed by atoms with E-state index in [-0.39, 0.29) is 22.4 Å². The Morgan fingerprint density at radius 2 is 1.58 bits per heavy atom. The SMILES string of the molecule is O=C(c1ccc2noc(-c3ccccc3)c2c1)N1CCN(C(=O)c2ccc(F)cc2Cl)CC1. The second-order valence-electron chi connectivity index (χ2n) is 7.82. The molecule has 8 heteroatoms. The van der Waals surface area contributed by atoms with Crippen LogP contribution in [0.1, 0.15) is 20.7 Å². The van der Waals surface area contributed by atoms with Crippen LogP contribution in [0.3, 0.4) is 0 Å². The Bertz CT molecular complexity index is 1350. The lowest BCUT2D eigenvalue weighted by molar-refractivity contribution is 0.0535. The Hall–Kier alpha value is -3.71. The molecule has 2 amide bonds. The lowest BCUT2D eigenvalue weighted by atomic mass is 10.1. The van der Waals surface area contributed by atoms with Gasteiger partial charge in [-0.25, -0.2) is 4.39 Å². The molecular formula is C25H19ClFN3O3. The first kappa shape index (κ1) is 21.2. The second kappa shape index (κ2) is 8.67. The average Bonchev–Trinajstić information content (AvgIpc) is 3.27. The van der Waals surface area contributed by atoms with Gasteiger partial charge in [-0.1, -0.05) is 47.1 Å². The number of carbonyl (C=O) groups is 2. The number of carbonyl (C=O) groups excluding carboxylic acids is 2. The maximum Gasteiger partial charge on any atom is 0.255 e. The smallest absolute Gasteiger partial charge is 0.255 e. The first-order valence-electron chi connectivity index (χ1n) is 10.5. The maximum atomic E-state index is 13.3. The summed E-state index contributed by atoms with van der Waals surface area (Å²) in [4.78, 5) is 29.3. The fourth-order valence-electron chi connectivity index (χ4n) is 4.00. The molecule has 0 atom stereocenters. The summed E-state index contributed by atoms with van der Waals surface area (Å²) in [6, 6.07) is 18.6. The summed E-state index contributed by atoms with van der Waals surface area (Å²) in [6.07, 6.45) is 0. The van der Waals surface area contributed by atoms with Crippen molar-refractivity contribution in [2.75, 3.05) is 26.2 Å². The summed E-state index contributed by atoms with van der Waals surface area (Å²) in [5.74, 6) is -0.270. The minimum Gasteiger partial charge on any atom is -0.355 e. The number of piperazine rings is 1. The van der Waals surface area contributed by atoms with Crippen LogP contribution in [0, 0.1) is 5.82 Å². The molecule has 1 fully saturated rings. The van der Waals surface area contributed by atoms with Crippen molar-refractivity contribution in [3.8, 4) is 11.3 Å². The van der Waals surface area contributed by atoms with Crippen molar-refractivity contribution >= 4 is 34.3 Å². The third-order valence-electron chi connectivity index (χ3n) is 5.78. The number of benzene rings is 3. The van der Waals surface area contributed by atoms with Crippen molar-refractivity contribution in [1.82, 2.24) is 15.0 Å². The highest BCUT2D eigenvalue weighted by atomic mass is 35.5. The van der Waals surface area contributed by atoms with E-state index >= 15 is 0 Å². The van der Waals surface area contributed by atoms with E-state index in [1.54, 1.807) is 28.0 Å². The lowest BCUT2D eigenvalue weighted by Gasteiger charge is -2.35. The fourth-order valence-corrected chi connectivity index (χ4v) is 4.25. The molecule has 3 aromatic carbocycles. The van der Waals surface area contributed by atoms with Crippen LogP contribution < -0.4 is 0 Å². The second-order valence-corrected chi connectivity index (χ2v) is 8.23. The van der Waals surface area contributed by atoms with Crippen LogP contribution in [-0.2, 0) is 0 Å². The Morgan fingerprint density at radius 1 is 0.879 bits per heavy atom. The first-order valence-corrected chi connectivity index (χ1v) is 10.9. The first-order chi connectivity index (χ1) is 16.0. The van der Waals surface area contributed by atoms with Crippen LogP contribution in [0.4, 0.5) is 4.39 Å². The van der Waals surface area contributed by atoms with Crippen molar-refractivity contribution in [1.29, 1.82) is 0 Å². The van der Waals surface area contributed by atoms with Crippen molar-refractivity contribution in [3.05, 3.63) is 88.7 Å². The van der Waals surface area contributed by atoms with Crippen molar-refractivity contribution in [3.63, 3.8) is 0 Å². The Balaban J connectivity index is 1.31. The molecule has 0 bridgehead atoms. The molecule has 0 N–H and O–H groups in total. The molecule has 166 valence electrons. The van der Waals surface area contributed by atoms with Gasteiger partial charge in [-0.05, 0) is 36.4 Å². The minimum absolute atomic E-state index is 0.0785. The van der Waals surface area contributed by atoms with E-state index in [1.165, 1.54) is 12.1 Å². The normalized spacial score (nSPS) is 14.0. The van der Waals surface area contributed by atoms with Gasteiger partial charge in [0.05, 0.1) is 16.0 Å². The zero-order valence-corrected chi connectivity index (χ0v) is 18.3. The third kappa shape index (κ3) is 4.07. The van der Waals surface area contributed by atoms with Gasteiger partial charge in [-0.2, -0.15) is 0 Å². The molecule has 0 unspecified atom stereocenters. The molecule has 6 nitrogen and oxygen atoms in total. The fraction of sp³-hybridized carbons (Fsp3) is 0.160. The van der Waals surface area contributed by atoms with E-state index in [9.17, 15) is 14.0 Å².